The van der Waals surface area contributed by atoms with Crippen LogP contribution in [0.15, 0.2) is 30.6 Å². The van der Waals surface area contributed by atoms with E-state index in [0.717, 1.165) is 34.3 Å². The van der Waals surface area contributed by atoms with Gasteiger partial charge < -0.3 is 5.73 Å². The van der Waals surface area contributed by atoms with E-state index in [0.29, 0.717) is 5.82 Å². The summed E-state index contributed by atoms with van der Waals surface area (Å²) in [6, 6.07) is 5.95. The summed E-state index contributed by atoms with van der Waals surface area (Å²) in [5, 5.41) is 7.04. The molecule has 2 heterocycles. The molecule has 0 amide bonds. The Kier molecular flexibility index (Phi) is 2.44. The monoisotopic (exact) mass is 239 g/mol. The van der Waals surface area contributed by atoms with Crippen molar-refractivity contribution in [1.82, 2.24) is 20.2 Å². The van der Waals surface area contributed by atoms with Crippen LogP contribution in [0.2, 0.25) is 0 Å². The highest BCUT2D eigenvalue weighted by Gasteiger charge is 2.11. The van der Waals surface area contributed by atoms with Crippen molar-refractivity contribution in [2.45, 2.75) is 13.3 Å². The molecule has 5 nitrogen and oxygen atoms in total. The van der Waals surface area contributed by atoms with Gasteiger partial charge in [0.2, 0.25) is 0 Å². The number of nitrogens with one attached hydrogen (secondary N) is 1. The Balaban J connectivity index is 2.19. The molecule has 90 valence electrons. The fraction of sp³-hybridized carbons (Fsp3) is 0.154. The van der Waals surface area contributed by atoms with Crippen LogP contribution in [0.1, 0.15) is 12.5 Å². The molecule has 0 radical (unpaired) electrons. The van der Waals surface area contributed by atoms with Crippen molar-refractivity contribution in [2.75, 3.05) is 5.73 Å². The van der Waals surface area contributed by atoms with Gasteiger partial charge in [0.25, 0.3) is 0 Å². The average molecular weight is 239 g/mol. The third kappa shape index (κ3) is 1.60. The zero-order valence-corrected chi connectivity index (χ0v) is 10.0. The highest BCUT2D eigenvalue weighted by Crippen LogP contribution is 2.27. The van der Waals surface area contributed by atoms with Crippen LogP contribution in [-0.2, 0) is 6.42 Å². The maximum absolute atomic E-state index is 5.83. The Morgan fingerprint density at radius 1 is 1.17 bits per heavy atom. The molecule has 0 saturated heterocycles. The first-order chi connectivity index (χ1) is 8.79. The van der Waals surface area contributed by atoms with Crippen LogP contribution >= 0.6 is 0 Å². The summed E-state index contributed by atoms with van der Waals surface area (Å²) in [5.41, 5.74) is 10.6. The zero-order chi connectivity index (χ0) is 12.5. The van der Waals surface area contributed by atoms with Gasteiger partial charge in [-0.25, -0.2) is 0 Å². The summed E-state index contributed by atoms with van der Waals surface area (Å²) in [5.74, 6) is 0.562. The van der Waals surface area contributed by atoms with Gasteiger partial charge in [-0.15, -0.1) is 0 Å². The second-order valence-corrected chi connectivity index (χ2v) is 4.08. The molecule has 0 atom stereocenters. The summed E-state index contributed by atoms with van der Waals surface area (Å²) in [6.45, 7) is 2.06. The number of nitrogens with two attached hydrogens (primary N) is 1. The zero-order valence-electron chi connectivity index (χ0n) is 10.0. The molecular formula is C13H13N5. The van der Waals surface area contributed by atoms with Crippen LogP contribution in [0.3, 0.4) is 0 Å². The fourth-order valence-corrected chi connectivity index (χ4v) is 2.09. The number of nitrogen functional groups attached to an aromatic ring is 1. The number of anilines is 1. The van der Waals surface area contributed by atoms with Crippen molar-refractivity contribution in [3.63, 3.8) is 0 Å². The molecule has 5 heteroatoms. The van der Waals surface area contributed by atoms with Crippen molar-refractivity contribution >= 4 is 16.9 Å². The maximum atomic E-state index is 5.83. The van der Waals surface area contributed by atoms with E-state index in [1.165, 1.54) is 0 Å². The van der Waals surface area contributed by atoms with Crippen LogP contribution in [-0.4, -0.2) is 20.2 Å². The third-order valence-corrected chi connectivity index (χ3v) is 3.01. The van der Waals surface area contributed by atoms with Gasteiger partial charge in [0.05, 0.1) is 16.7 Å². The maximum Gasteiger partial charge on any atom is 0.149 e. The molecule has 0 aliphatic rings. The molecule has 0 spiro atoms. The van der Waals surface area contributed by atoms with Crippen molar-refractivity contribution in [3.8, 4) is 11.3 Å². The number of fused-ring (bicyclic) bond motifs is 1. The van der Waals surface area contributed by atoms with Crippen LogP contribution < -0.4 is 5.73 Å². The molecule has 3 rings (SSSR count). The largest absolute Gasteiger partial charge is 0.382 e. The number of benzene rings is 1. The second-order valence-electron chi connectivity index (χ2n) is 4.08. The first-order valence-electron chi connectivity index (χ1n) is 5.83. The molecule has 0 aliphatic heterocycles. The van der Waals surface area contributed by atoms with Gasteiger partial charge >= 0.3 is 0 Å². The molecule has 0 fully saturated rings. The lowest BCUT2D eigenvalue weighted by molar-refractivity contribution is 1.10. The second kappa shape index (κ2) is 4.10. The van der Waals surface area contributed by atoms with Gasteiger partial charge in [-0.1, -0.05) is 13.0 Å². The molecule has 18 heavy (non-hydrogen) atoms. The Labute approximate surface area is 104 Å². The first kappa shape index (κ1) is 10.7. The number of H-pyrrole nitrogens is 1. The Hall–Kier alpha value is -2.43. The summed E-state index contributed by atoms with van der Waals surface area (Å²) in [6.07, 6.45) is 4.22. The van der Waals surface area contributed by atoms with Gasteiger partial charge in [-0.05, 0) is 18.6 Å². The predicted octanol–water partition coefficient (Wildman–Crippen LogP) is 2.16. The normalized spacial score (nSPS) is 10.9. The van der Waals surface area contributed by atoms with Crippen molar-refractivity contribution < 1.29 is 0 Å². The fourth-order valence-electron chi connectivity index (χ4n) is 2.09. The standard InChI is InChI=1S/C13H13N5/c1-2-9-12(17-18-13(9)14)8-3-4-10-11(7-8)16-6-5-15-10/h3-7H,2H2,1H3,(H3,14,17,18). The van der Waals surface area contributed by atoms with Gasteiger partial charge in [-0.2, -0.15) is 5.10 Å². The van der Waals surface area contributed by atoms with E-state index in [9.17, 15) is 0 Å². The van der Waals surface area contributed by atoms with E-state index in [-0.39, 0.29) is 0 Å². The van der Waals surface area contributed by atoms with Gasteiger partial charge in [-0.3, -0.25) is 15.1 Å². The highest BCUT2D eigenvalue weighted by atomic mass is 15.2. The van der Waals surface area contributed by atoms with E-state index in [4.69, 9.17) is 5.73 Å². The van der Waals surface area contributed by atoms with Gasteiger partial charge in [0.15, 0.2) is 0 Å². The summed E-state index contributed by atoms with van der Waals surface area (Å²) < 4.78 is 0. The van der Waals surface area contributed by atoms with Crippen LogP contribution in [0.5, 0.6) is 0 Å². The van der Waals surface area contributed by atoms with E-state index < -0.39 is 0 Å². The molecule has 0 unspecified atom stereocenters. The number of aromatic nitrogens is 4. The van der Waals surface area contributed by atoms with E-state index >= 15 is 0 Å². The summed E-state index contributed by atoms with van der Waals surface area (Å²) in [7, 11) is 0. The van der Waals surface area contributed by atoms with E-state index in [1.54, 1.807) is 12.4 Å². The highest BCUT2D eigenvalue weighted by molar-refractivity contribution is 5.81. The van der Waals surface area contributed by atoms with Gasteiger partial charge in [0, 0.05) is 23.5 Å². The van der Waals surface area contributed by atoms with Crippen molar-refractivity contribution in [3.05, 3.63) is 36.2 Å². The van der Waals surface area contributed by atoms with E-state index in [1.807, 2.05) is 18.2 Å². The number of rotatable bonds is 2. The topological polar surface area (TPSA) is 80.5 Å². The molecular weight excluding hydrogens is 226 g/mol. The molecule has 2 aromatic heterocycles. The predicted molar refractivity (Wildman–Crippen MR) is 70.9 cm³/mol. The molecule has 1 aromatic carbocycles. The molecule has 0 aliphatic carbocycles. The lowest BCUT2D eigenvalue weighted by Crippen LogP contribution is -1.91. The number of hydrogen-bond acceptors (Lipinski definition) is 4. The summed E-state index contributed by atoms with van der Waals surface area (Å²) >= 11 is 0. The molecule has 3 aromatic rings. The number of aromatic amines is 1. The smallest absolute Gasteiger partial charge is 0.149 e. The minimum atomic E-state index is 0.562. The molecule has 0 saturated carbocycles. The minimum Gasteiger partial charge on any atom is -0.382 e. The van der Waals surface area contributed by atoms with Crippen LogP contribution in [0.25, 0.3) is 22.3 Å². The third-order valence-electron chi connectivity index (χ3n) is 3.01. The van der Waals surface area contributed by atoms with E-state index in [2.05, 4.69) is 27.1 Å². The quantitative estimate of drug-likeness (QED) is 0.718. The lowest BCUT2D eigenvalue weighted by atomic mass is 10.1. The Morgan fingerprint density at radius 3 is 2.72 bits per heavy atom. The Bertz CT molecular complexity index is 701. The van der Waals surface area contributed by atoms with Crippen LogP contribution in [0.4, 0.5) is 5.82 Å². The van der Waals surface area contributed by atoms with Crippen molar-refractivity contribution in [2.24, 2.45) is 0 Å². The van der Waals surface area contributed by atoms with Crippen molar-refractivity contribution in [1.29, 1.82) is 0 Å². The average Bonchev–Trinajstić information content (AvgIpc) is 2.79. The lowest BCUT2D eigenvalue weighted by Gasteiger charge is -2.03. The Morgan fingerprint density at radius 2 is 1.94 bits per heavy atom. The minimum absolute atomic E-state index is 0.562. The summed E-state index contributed by atoms with van der Waals surface area (Å²) in [4.78, 5) is 8.55. The SMILES string of the molecule is CCc1c(N)n[nH]c1-c1ccc2nccnc2c1. The van der Waals surface area contributed by atoms with Crippen LogP contribution in [0, 0.1) is 0 Å². The molecule has 0 bridgehead atoms. The first-order valence-corrected chi connectivity index (χ1v) is 5.83. The number of nitrogens with zero attached hydrogens (tertiary/aromatic N) is 3. The number of hydrogen-bond donors (Lipinski definition) is 2. The van der Waals surface area contributed by atoms with Gasteiger partial charge in [0.1, 0.15) is 5.82 Å². The molecule has 3 N–H and O–H groups in total.